The summed E-state index contributed by atoms with van der Waals surface area (Å²) in [6.45, 7) is 5.55. The molecule has 104 valence electrons. The summed E-state index contributed by atoms with van der Waals surface area (Å²) in [5, 5.41) is 10.6. The highest BCUT2D eigenvalue weighted by atomic mass is 32.2. The molecule has 0 unspecified atom stereocenters. The summed E-state index contributed by atoms with van der Waals surface area (Å²) in [5.41, 5.74) is 0.371. The largest absolute Gasteiger partial charge is 0.442 e. The van der Waals surface area contributed by atoms with Gasteiger partial charge in [-0.05, 0) is 31.8 Å². The molecule has 0 aliphatic carbocycles. The molecule has 2 rings (SSSR count). The van der Waals surface area contributed by atoms with E-state index in [2.05, 4.69) is 4.99 Å². The normalized spacial score (nSPS) is 24.7. The second-order valence-corrected chi connectivity index (χ2v) is 6.29. The molecule has 7 heteroatoms. The average Bonchev–Trinajstić information content (AvgIpc) is 2.32. The van der Waals surface area contributed by atoms with Gasteiger partial charge in [0.1, 0.15) is 16.7 Å². The quantitative estimate of drug-likeness (QED) is 0.731. The van der Waals surface area contributed by atoms with Crippen molar-refractivity contribution in [3.8, 4) is 0 Å². The standard InChI is InChI=1S/C12H16N2O4S/c1-12(2,3)18-11(17)13-8-9(16)14-4-7(5-15)6-19-10(8)14/h6,10,15H,4-5H2,1-3H3/t10-/m1/s1. The van der Waals surface area contributed by atoms with E-state index in [1.807, 2.05) is 0 Å². The van der Waals surface area contributed by atoms with Crippen LogP contribution in [-0.2, 0) is 9.53 Å². The fraction of sp³-hybridized carbons (Fsp3) is 0.583. The minimum Gasteiger partial charge on any atom is -0.442 e. The highest BCUT2D eigenvalue weighted by Gasteiger charge is 2.46. The molecule has 2 heterocycles. The van der Waals surface area contributed by atoms with Gasteiger partial charge in [0.2, 0.25) is 0 Å². The van der Waals surface area contributed by atoms with Crippen molar-refractivity contribution >= 4 is 29.5 Å². The van der Waals surface area contributed by atoms with E-state index >= 15 is 0 Å². The van der Waals surface area contributed by atoms with Crippen molar-refractivity contribution in [2.24, 2.45) is 4.99 Å². The molecule has 2 aliphatic heterocycles. The second-order valence-electron chi connectivity index (χ2n) is 5.33. The molecule has 1 atom stereocenters. The fourth-order valence-electron chi connectivity index (χ4n) is 1.72. The lowest BCUT2D eigenvalue weighted by molar-refractivity contribution is -0.127. The number of aliphatic hydroxyl groups is 1. The Labute approximate surface area is 115 Å². The molecule has 1 saturated heterocycles. The van der Waals surface area contributed by atoms with Crippen LogP contribution in [0.1, 0.15) is 20.8 Å². The van der Waals surface area contributed by atoms with Gasteiger partial charge in [-0.25, -0.2) is 4.79 Å². The molecule has 0 bridgehead atoms. The molecule has 0 radical (unpaired) electrons. The van der Waals surface area contributed by atoms with E-state index in [4.69, 9.17) is 9.84 Å². The number of nitrogens with zero attached hydrogens (tertiary/aromatic N) is 2. The Morgan fingerprint density at radius 1 is 1.63 bits per heavy atom. The first kappa shape index (κ1) is 14.1. The van der Waals surface area contributed by atoms with Crippen LogP contribution >= 0.6 is 11.8 Å². The van der Waals surface area contributed by atoms with E-state index in [1.165, 1.54) is 11.8 Å². The zero-order valence-corrected chi connectivity index (χ0v) is 11.9. The van der Waals surface area contributed by atoms with Crippen molar-refractivity contribution in [3.63, 3.8) is 0 Å². The van der Waals surface area contributed by atoms with Crippen molar-refractivity contribution < 1.29 is 19.4 Å². The van der Waals surface area contributed by atoms with Gasteiger partial charge < -0.3 is 14.7 Å². The van der Waals surface area contributed by atoms with E-state index in [0.717, 1.165) is 5.57 Å². The van der Waals surface area contributed by atoms with Crippen LogP contribution in [0.4, 0.5) is 4.79 Å². The summed E-state index contributed by atoms with van der Waals surface area (Å²) >= 11 is 1.36. The molecule has 2 amide bonds. The fourth-order valence-corrected chi connectivity index (χ4v) is 2.79. The Kier molecular flexibility index (Phi) is 3.69. The van der Waals surface area contributed by atoms with E-state index in [-0.39, 0.29) is 23.6 Å². The monoisotopic (exact) mass is 284 g/mol. The molecule has 1 fully saturated rings. The number of fused-ring (bicyclic) bond motifs is 1. The maximum Gasteiger partial charge on any atom is 0.434 e. The van der Waals surface area contributed by atoms with E-state index in [1.54, 1.807) is 31.1 Å². The zero-order valence-electron chi connectivity index (χ0n) is 11.0. The lowest BCUT2D eigenvalue weighted by atomic mass is 10.1. The summed E-state index contributed by atoms with van der Waals surface area (Å²) in [6, 6.07) is 0. The molecule has 19 heavy (non-hydrogen) atoms. The van der Waals surface area contributed by atoms with Gasteiger partial charge in [0, 0.05) is 6.54 Å². The summed E-state index contributed by atoms with van der Waals surface area (Å²) < 4.78 is 5.05. The zero-order chi connectivity index (χ0) is 14.2. The molecule has 2 aliphatic rings. The number of ether oxygens (including phenoxy) is 1. The van der Waals surface area contributed by atoms with Crippen LogP contribution in [0.25, 0.3) is 0 Å². The predicted molar refractivity (Wildman–Crippen MR) is 71.9 cm³/mol. The van der Waals surface area contributed by atoms with Crippen LogP contribution in [0.2, 0.25) is 0 Å². The van der Waals surface area contributed by atoms with Crippen LogP contribution in [0.15, 0.2) is 16.0 Å². The summed E-state index contributed by atoms with van der Waals surface area (Å²) in [4.78, 5) is 28.7. The summed E-state index contributed by atoms with van der Waals surface area (Å²) in [7, 11) is 0. The third-order valence-electron chi connectivity index (χ3n) is 2.54. The number of aliphatic imine (C=N–C) groups is 1. The average molecular weight is 284 g/mol. The first-order valence-electron chi connectivity index (χ1n) is 5.88. The molecular formula is C12H16N2O4S. The van der Waals surface area contributed by atoms with Crippen molar-refractivity contribution in [2.75, 3.05) is 13.2 Å². The second kappa shape index (κ2) is 4.97. The number of rotatable bonds is 1. The smallest absolute Gasteiger partial charge is 0.434 e. The topological polar surface area (TPSA) is 79.2 Å². The molecule has 0 aromatic heterocycles. The van der Waals surface area contributed by atoms with Crippen molar-refractivity contribution in [1.29, 1.82) is 0 Å². The lowest BCUT2D eigenvalue weighted by Crippen LogP contribution is -2.61. The van der Waals surface area contributed by atoms with E-state index in [0.29, 0.717) is 6.54 Å². The van der Waals surface area contributed by atoms with Crippen LogP contribution in [0, 0.1) is 0 Å². The van der Waals surface area contributed by atoms with Gasteiger partial charge in [-0.15, -0.1) is 11.8 Å². The third kappa shape index (κ3) is 2.98. The van der Waals surface area contributed by atoms with Gasteiger partial charge in [-0.3, -0.25) is 4.79 Å². The number of carbonyl (C=O) groups is 2. The minimum atomic E-state index is -0.743. The molecule has 0 aromatic rings. The Hall–Kier alpha value is -1.34. The number of amides is 2. The van der Waals surface area contributed by atoms with Gasteiger partial charge >= 0.3 is 6.09 Å². The molecule has 0 saturated carbocycles. The van der Waals surface area contributed by atoms with Crippen molar-refractivity contribution in [2.45, 2.75) is 31.7 Å². The van der Waals surface area contributed by atoms with Gasteiger partial charge in [0.05, 0.1) is 6.61 Å². The maximum atomic E-state index is 11.8. The van der Waals surface area contributed by atoms with Crippen LogP contribution in [-0.4, -0.2) is 51.8 Å². The van der Waals surface area contributed by atoms with Crippen molar-refractivity contribution in [1.82, 2.24) is 4.90 Å². The first-order valence-corrected chi connectivity index (χ1v) is 6.83. The molecule has 0 aromatic carbocycles. The van der Waals surface area contributed by atoms with Gasteiger partial charge in [-0.2, -0.15) is 4.99 Å². The number of hydrogen-bond donors (Lipinski definition) is 1. The number of thioether (sulfide) groups is 1. The van der Waals surface area contributed by atoms with Gasteiger partial charge in [0.15, 0.2) is 0 Å². The summed E-state index contributed by atoms with van der Waals surface area (Å²) in [5.74, 6) is -0.276. The van der Waals surface area contributed by atoms with Crippen LogP contribution < -0.4 is 0 Å². The summed E-state index contributed by atoms with van der Waals surface area (Å²) in [6.07, 6.45) is -0.743. The molecule has 6 nitrogen and oxygen atoms in total. The third-order valence-corrected chi connectivity index (χ3v) is 3.75. The first-order chi connectivity index (χ1) is 8.81. The van der Waals surface area contributed by atoms with Crippen molar-refractivity contribution in [3.05, 3.63) is 11.0 Å². The van der Waals surface area contributed by atoms with Crippen LogP contribution in [0.3, 0.4) is 0 Å². The lowest BCUT2D eigenvalue weighted by Gasteiger charge is -2.42. The predicted octanol–water partition coefficient (Wildman–Crippen LogP) is 1.15. The number of aliphatic hydroxyl groups excluding tert-OH is 1. The Bertz CT molecular complexity index is 479. The minimum absolute atomic E-state index is 0.0674. The highest BCUT2D eigenvalue weighted by Crippen LogP contribution is 2.34. The van der Waals surface area contributed by atoms with Crippen LogP contribution in [0.5, 0.6) is 0 Å². The van der Waals surface area contributed by atoms with E-state index in [9.17, 15) is 9.59 Å². The van der Waals surface area contributed by atoms with Gasteiger partial charge in [0.25, 0.3) is 5.91 Å². The highest BCUT2D eigenvalue weighted by molar-refractivity contribution is 8.03. The molecule has 0 spiro atoms. The number of hydrogen-bond acceptors (Lipinski definition) is 5. The number of β-lactam (4-membered cyclic amide) rings is 1. The maximum absolute atomic E-state index is 11.8. The van der Waals surface area contributed by atoms with Gasteiger partial charge in [-0.1, -0.05) is 0 Å². The number of carbonyl (C=O) groups excluding carboxylic acids is 2. The Morgan fingerprint density at radius 3 is 2.89 bits per heavy atom. The molecular weight excluding hydrogens is 268 g/mol. The SMILES string of the molecule is CC(C)(C)OC(=O)N=C1C(=O)N2CC(CO)=CS[C@H]12. The Balaban J connectivity index is 2.06. The molecule has 1 N–H and O–H groups in total. The van der Waals surface area contributed by atoms with E-state index < -0.39 is 11.7 Å². The Morgan fingerprint density at radius 2 is 2.32 bits per heavy atom.